The van der Waals surface area contributed by atoms with E-state index in [0.29, 0.717) is 12.1 Å². The molecule has 0 spiro atoms. The predicted molar refractivity (Wildman–Crippen MR) is 65.0 cm³/mol. The van der Waals surface area contributed by atoms with E-state index in [9.17, 15) is 4.79 Å². The van der Waals surface area contributed by atoms with Gasteiger partial charge in [0.2, 0.25) is 5.91 Å². The van der Waals surface area contributed by atoms with E-state index in [4.69, 9.17) is 5.73 Å². The van der Waals surface area contributed by atoms with Gasteiger partial charge in [0.25, 0.3) is 0 Å². The Morgan fingerprint density at radius 3 is 2.00 bits per heavy atom. The van der Waals surface area contributed by atoms with Crippen LogP contribution in [0.5, 0.6) is 0 Å². The SMILES string of the molecule is CCC1CCC(N(C(=O)CN)C2CC2)CC1. The van der Waals surface area contributed by atoms with Crippen LogP contribution in [0.2, 0.25) is 0 Å². The number of nitrogens with two attached hydrogens (primary N) is 1. The second-order valence-electron chi connectivity index (χ2n) is 5.32. The molecule has 0 saturated heterocycles. The molecule has 0 radical (unpaired) electrons. The molecule has 0 unspecified atom stereocenters. The average molecular weight is 224 g/mol. The van der Waals surface area contributed by atoms with Gasteiger partial charge in [0.1, 0.15) is 0 Å². The lowest BCUT2D eigenvalue weighted by atomic mass is 9.84. The summed E-state index contributed by atoms with van der Waals surface area (Å²) in [5.74, 6) is 1.06. The molecular weight excluding hydrogens is 200 g/mol. The normalized spacial score (nSPS) is 30.1. The monoisotopic (exact) mass is 224 g/mol. The summed E-state index contributed by atoms with van der Waals surface area (Å²) in [7, 11) is 0. The smallest absolute Gasteiger partial charge is 0.236 e. The molecule has 0 aromatic heterocycles. The molecule has 0 aromatic carbocycles. The van der Waals surface area contributed by atoms with Crippen molar-refractivity contribution in [3.8, 4) is 0 Å². The van der Waals surface area contributed by atoms with E-state index >= 15 is 0 Å². The zero-order valence-corrected chi connectivity index (χ0v) is 10.3. The van der Waals surface area contributed by atoms with Crippen LogP contribution in [-0.2, 0) is 4.79 Å². The van der Waals surface area contributed by atoms with E-state index in [0.717, 1.165) is 5.92 Å². The second kappa shape index (κ2) is 5.17. The maximum atomic E-state index is 11.8. The first-order valence-corrected chi connectivity index (χ1v) is 6.77. The standard InChI is InChI=1S/C13H24N2O/c1-2-10-3-5-11(6-4-10)15(12-7-8-12)13(16)9-14/h10-12H,2-9,14H2,1H3. The van der Waals surface area contributed by atoms with E-state index in [1.54, 1.807) is 0 Å². The van der Waals surface area contributed by atoms with Gasteiger partial charge >= 0.3 is 0 Å². The first-order chi connectivity index (χ1) is 7.76. The van der Waals surface area contributed by atoms with Gasteiger partial charge in [-0.3, -0.25) is 4.79 Å². The summed E-state index contributed by atoms with van der Waals surface area (Å²) in [6.45, 7) is 2.46. The van der Waals surface area contributed by atoms with E-state index in [1.807, 2.05) is 0 Å². The summed E-state index contributed by atoms with van der Waals surface area (Å²) in [5, 5.41) is 0. The third kappa shape index (κ3) is 2.57. The Bertz CT molecular complexity index is 242. The van der Waals surface area contributed by atoms with E-state index < -0.39 is 0 Å². The van der Waals surface area contributed by atoms with Gasteiger partial charge in [-0.2, -0.15) is 0 Å². The quantitative estimate of drug-likeness (QED) is 0.793. The van der Waals surface area contributed by atoms with Crippen molar-refractivity contribution in [1.29, 1.82) is 0 Å². The van der Waals surface area contributed by atoms with Crippen molar-refractivity contribution in [3.63, 3.8) is 0 Å². The van der Waals surface area contributed by atoms with Crippen molar-refractivity contribution in [2.24, 2.45) is 11.7 Å². The first kappa shape index (κ1) is 11.9. The van der Waals surface area contributed by atoms with Gasteiger partial charge in [-0.25, -0.2) is 0 Å². The number of nitrogens with zero attached hydrogens (tertiary/aromatic N) is 1. The third-order valence-electron chi connectivity index (χ3n) is 4.19. The van der Waals surface area contributed by atoms with Crippen molar-refractivity contribution in [1.82, 2.24) is 4.90 Å². The molecule has 0 aromatic rings. The summed E-state index contributed by atoms with van der Waals surface area (Å²) in [6, 6.07) is 1.02. The molecule has 2 N–H and O–H groups in total. The molecule has 0 bridgehead atoms. The van der Waals surface area contributed by atoms with Gasteiger partial charge < -0.3 is 10.6 Å². The molecule has 0 atom stereocenters. The molecule has 92 valence electrons. The molecule has 3 nitrogen and oxygen atoms in total. The minimum atomic E-state index is 0.169. The van der Waals surface area contributed by atoms with Gasteiger partial charge in [0.15, 0.2) is 0 Å². The number of hydrogen-bond donors (Lipinski definition) is 1. The Kier molecular flexibility index (Phi) is 3.85. The molecule has 2 aliphatic rings. The van der Waals surface area contributed by atoms with E-state index in [1.165, 1.54) is 44.9 Å². The van der Waals surface area contributed by atoms with Crippen LogP contribution in [0.3, 0.4) is 0 Å². The van der Waals surface area contributed by atoms with E-state index in [-0.39, 0.29) is 12.5 Å². The van der Waals surface area contributed by atoms with Crippen LogP contribution in [0.1, 0.15) is 51.9 Å². The van der Waals surface area contributed by atoms with Crippen molar-refractivity contribution < 1.29 is 4.79 Å². The fourth-order valence-corrected chi connectivity index (χ4v) is 2.99. The lowest BCUT2D eigenvalue weighted by Crippen LogP contribution is -2.46. The Hall–Kier alpha value is -0.570. The fraction of sp³-hybridized carbons (Fsp3) is 0.923. The van der Waals surface area contributed by atoms with Crippen LogP contribution in [0.15, 0.2) is 0 Å². The molecule has 2 fully saturated rings. The van der Waals surface area contributed by atoms with Crippen LogP contribution in [0.25, 0.3) is 0 Å². The Labute approximate surface area is 98.4 Å². The van der Waals surface area contributed by atoms with Gasteiger partial charge in [0.05, 0.1) is 6.54 Å². The summed E-state index contributed by atoms with van der Waals surface area (Å²) < 4.78 is 0. The van der Waals surface area contributed by atoms with Crippen LogP contribution in [0.4, 0.5) is 0 Å². The number of carbonyl (C=O) groups excluding carboxylic acids is 1. The highest BCUT2D eigenvalue weighted by molar-refractivity contribution is 5.79. The molecular formula is C13H24N2O. The Morgan fingerprint density at radius 1 is 1.12 bits per heavy atom. The summed E-state index contributed by atoms with van der Waals surface area (Å²) in [6.07, 6.45) is 8.66. The predicted octanol–water partition coefficient (Wildman–Crippen LogP) is 1.90. The minimum absolute atomic E-state index is 0.169. The van der Waals surface area contributed by atoms with Crippen LogP contribution < -0.4 is 5.73 Å². The second-order valence-corrected chi connectivity index (χ2v) is 5.32. The van der Waals surface area contributed by atoms with Crippen molar-refractivity contribution in [3.05, 3.63) is 0 Å². The highest BCUT2D eigenvalue weighted by Crippen LogP contribution is 2.35. The van der Waals surface area contributed by atoms with Gasteiger partial charge in [-0.15, -0.1) is 0 Å². The highest BCUT2D eigenvalue weighted by Gasteiger charge is 2.37. The minimum Gasteiger partial charge on any atom is -0.336 e. The van der Waals surface area contributed by atoms with Crippen LogP contribution >= 0.6 is 0 Å². The third-order valence-corrected chi connectivity index (χ3v) is 4.19. The molecule has 2 rings (SSSR count). The summed E-state index contributed by atoms with van der Waals surface area (Å²) >= 11 is 0. The van der Waals surface area contributed by atoms with Gasteiger partial charge in [0, 0.05) is 12.1 Å². The van der Waals surface area contributed by atoms with Gasteiger partial charge in [-0.05, 0) is 44.4 Å². The number of carbonyl (C=O) groups is 1. The summed E-state index contributed by atoms with van der Waals surface area (Å²) in [5.41, 5.74) is 5.51. The Balaban J connectivity index is 1.91. The van der Waals surface area contributed by atoms with Crippen molar-refractivity contribution in [2.75, 3.05) is 6.54 Å². The van der Waals surface area contributed by atoms with Crippen LogP contribution in [-0.4, -0.2) is 29.4 Å². The van der Waals surface area contributed by atoms with Crippen LogP contribution in [0, 0.1) is 5.92 Å². The zero-order valence-electron chi connectivity index (χ0n) is 10.3. The number of rotatable bonds is 4. The Morgan fingerprint density at radius 2 is 1.62 bits per heavy atom. The number of amides is 1. The van der Waals surface area contributed by atoms with Crippen molar-refractivity contribution >= 4 is 5.91 Å². The zero-order chi connectivity index (χ0) is 11.5. The first-order valence-electron chi connectivity index (χ1n) is 6.77. The maximum absolute atomic E-state index is 11.8. The molecule has 2 saturated carbocycles. The van der Waals surface area contributed by atoms with Crippen molar-refractivity contribution in [2.45, 2.75) is 64.0 Å². The summed E-state index contributed by atoms with van der Waals surface area (Å²) in [4.78, 5) is 14.0. The molecule has 0 heterocycles. The molecule has 0 aliphatic heterocycles. The fourth-order valence-electron chi connectivity index (χ4n) is 2.99. The maximum Gasteiger partial charge on any atom is 0.236 e. The average Bonchev–Trinajstić information content (AvgIpc) is 3.14. The lowest BCUT2D eigenvalue weighted by molar-refractivity contribution is -0.133. The number of hydrogen-bond acceptors (Lipinski definition) is 2. The molecule has 2 aliphatic carbocycles. The highest BCUT2D eigenvalue weighted by atomic mass is 16.2. The topological polar surface area (TPSA) is 46.3 Å². The van der Waals surface area contributed by atoms with Gasteiger partial charge in [-0.1, -0.05) is 13.3 Å². The molecule has 16 heavy (non-hydrogen) atoms. The molecule has 1 amide bonds. The lowest BCUT2D eigenvalue weighted by Gasteiger charge is -2.37. The largest absolute Gasteiger partial charge is 0.336 e. The van der Waals surface area contributed by atoms with E-state index in [2.05, 4.69) is 11.8 Å². The molecule has 3 heteroatoms.